The summed E-state index contributed by atoms with van der Waals surface area (Å²) in [5, 5.41) is 7.23. The lowest BCUT2D eigenvalue weighted by Crippen LogP contribution is -1.92. The largest absolute Gasteiger partial charge is 0.242 e. The normalized spacial score (nSPS) is 13.2. The summed E-state index contributed by atoms with van der Waals surface area (Å²) in [7, 11) is -2.30. The number of hydrogen-bond acceptors (Lipinski definition) is 3. The van der Waals surface area contributed by atoms with Gasteiger partial charge >= 0.3 is 0 Å². The molecule has 0 aliphatic carbocycles. The van der Waals surface area contributed by atoms with E-state index in [4.69, 9.17) is 0 Å². The Balaban J connectivity index is 2.81. The van der Waals surface area contributed by atoms with Gasteiger partial charge in [0.05, 0.1) is 5.69 Å². The SMILES string of the molecule is O=S(=O)=C1N=Nc2ccccc21. The molecule has 0 spiro atoms. The van der Waals surface area contributed by atoms with Crippen molar-refractivity contribution >= 4 is 21.0 Å². The third-order valence-electron chi connectivity index (χ3n) is 1.54. The lowest BCUT2D eigenvalue weighted by molar-refractivity contribution is 0.627. The van der Waals surface area contributed by atoms with Crippen LogP contribution >= 0.6 is 0 Å². The van der Waals surface area contributed by atoms with Gasteiger partial charge in [-0.3, -0.25) is 0 Å². The Labute approximate surface area is 70.1 Å². The Bertz CT molecular complexity index is 480. The number of hydrogen-bond donors (Lipinski definition) is 0. The molecule has 0 N–H and O–H groups in total. The van der Waals surface area contributed by atoms with Crippen LogP contribution in [0.15, 0.2) is 34.5 Å². The molecule has 0 atom stereocenters. The first-order chi connectivity index (χ1) is 5.79. The minimum absolute atomic E-state index is 0.0191. The van der Waals surface area contributed by atoms with Crippen LogP contribution in [0.25, 0.3) is 0 Å². The summed E-state index contributed by atoms with van der Waals surface area (Å²) in [5.41, 5.74) is 1.18. The molecule has 5 heteroatoms. The lowest BCUT2D eigenvalue weighted by Gasteiger charge is -1.89. The molecule has 0 fully saturated rings. The molecular formula is C7H4N2O2S. The van der Waals surface area contributed by atoms with Gasteiger partial charge in [0, 0.05) is 5.56 Å². The highest BCUT2D eigenvalue weighted by atomic mass is 32.2. The van der Waals surface area contributed by atoms with E-state index in [1.165, 1.54) is 0 Å². The molecular weight excluding hydrogens is 176 g/mol. The van der Waals surface area contributed by atoms with E-state index in [9.17, 15) is 8.42 Å². The van der Waals surface area contributed by atoms with Gasteiger partial charge in [-0.15, -0.1) is 10.2 Å². The van der Waals surface area contributed by atoms with Crippen LogP contribution in [0.2, 0.25) is 0 Å². The van der Waals surface area contributed by atoms with Crippen molar-refractivity contribution in [1.82, 2.24) is 0 Å². The van der Waals surface area contributed by atoms with Crippen molar-refractivity contribution < 1.29 is 8.42 Å². The van der Waals surface area contributed by atoms with Crippen LogP contribution in [0.4, 0.5) is 5.69 Å². The van der Waals surface area contributed by atoms with Crippen molar-refractivity contribution in [2.24, 2.45) is 10.2 Å². The Kier molecular flexibility index (Phi) is 1.51. The minimum Gasteiger partial charge on any atom is -0.182 e. The second kappa shape index (κ2) is 2.53. The third kappa shape index (κ3) is 0.947. The second-order valence-corrected chi connectivity index (χ2v) is 3.11. The predicted octanol–water partition coefficient (Wildman–Crippen LogP) is 1.14. The summed E-state index contributed by atoms with van der Waals surface area (Å²) in [6, 6.07) is 6.94. The molecule has 0 bridgehead atoms. The molecule has 1 heterocycles. The van der Waals surface area contributed by atoms with Crippen LogP contribution in [0, 0.1) is 0 Å². The molecule has 0 radical (unpaired) electrons. The molecule has 0 amide bonds. The predicted molar refractivity (Wildman–Crippen MR) is 44.0 cm³/mol. The molecule has 0 aromatic heterocycles. The first-order valence-electron chi connectivity index (χ1n) is 3.26. The first-order valence-corrected chi connectivity index (χ1v) is 4.34. The summed E-state index contributed by atoms with van der Waals surface area (Å²) >= 11 is 0. The van der Waals surface area contributed by atoms with Crippen LogP contribution in [0.1, 0.15) is 5.56 Å². The zero-order chi connectivity index (χ0) is 8.55. The monoisotopic (exact) mass is 180 g/mol. The van der Waals surface area contributed by atoms with Crippen LogP contribution in [-0.2, 0) is 10.3 Å². The molecule has 60 valence electrons. The number of rotatable bonds is 0. The van der Waals surface area contributed by atoms with E-state index in [-0.39, 0.29) is 4.99 Å². The molecule has 0 unspecified atom stereocenters. The second-order valence-electron chi connectivity index (χ2n) is 2.26. The lowest BCUT2D eigenvalue weighted by atomic mass is 10.2. The number of azo groups is 1. The van der Waals surface area contributed by atoms with Crippen LogP contribution in [0.5, 0.6) is 0 Å². The standard InChI is InChI=1S/C7H4N2O2S/c10-12(11)7-5-3-1-2-4-6(5)8-9-7/h1-4H. The molecule has 1 aliphatic rings. The molecule has 4 nitrogen and oxygen atoms in total. The fourth-order valence-corrected chi connectivity index (χ4v) is 1.48. The molecule has 1 aromatic carbocycles. The first kappa shape index (κ1) is 7.17. The third-order valence-corrected chi connectivity index (χ3v) is 2.16. The van der Waals surface area contributed by atoms with E-state index < -0.39 is 10.3 Å². The average molecular weight is 180 g/mol. The zero-order valence-electron chi connectivity index (χ0n) is 5.93. The molecule has 0 saturated heterocycles. The van der Waals surface area contributed by atoms with Crippen LogP contribution in [-0.4, -0.2) is 13.4 Å². The molecule has 12 heavy (non-hydrogen) atoms. The summed E-state index contributed by atoms with van der Waals surface area (Å²) in [6.07, 6.45) is 0. The van der Waals surface area contributed by atoms with Gasteiger partial charge in [-0.25, -0.2) is 0 Å². The highest BCUT2D eigenvalue weighted by Gasteiger charge is 2.15. The van der Waals surface area contributed by atoms with Gasteiger partial charge in [0.1, 0.15) is 0 Å². The van der Waals surface area contributed by atoms with Gasteiger partial charge < -0.3 is 0 Å². The Morgan fingerprint density at radius 1 is 1.08 bits per heavy atom. The van der Waals surface area contributed by atoms with Crippen LogP contribution < -0.4 is 0 Å². The van der Waals surface area contributed by atoms with E-state index in [0.717, 1.165) is 0 Å². The van der Waals surface area contributed by atoms with Crippen molar-refractivity contribution in [3.8, 4) is 0 Å². The summed E-state index contributed by atoms with van der Waals surface area (Å²) < 4.78 is 21.1. The fraction of sp³-hybridized carbons (Fsp3) is 0. The van der Waals surface area contributed by atoms with Gasteiger partial charge in [0.2, 0.25) is 15.3 Å². The van der Waals surface area contributed by atoms with E-state index >= 15 is 0 Å². The van der Waals surface area contributed by atoms with Gasteiger partial charge in [-0.05, 0) is 12.1 Å². The number of benzene rings is 1. The Morgan fingerprint density at radius 2 is 1.83 bits per heavy atom. The van der Waals surface area contributed by atoms with E-state index in [1.54, 1.807) is 24.3 Å². The Hall–Kier alpha value is -1.49. The highest BCUT2D eigenvalue weighted by Crippen LogP contribution is 2.25. The molecule has 1 aromatic rings. The summed E-state index contributed by atoms with van der Waals surface area (Å²) in [6.45, 7) is 0. The smallest absolute Gasteiger partial charge is 0.182 e. The van der Waals surface area contributed by atoms with E-state index in [0.29, 0.717) is 11.3 Å². The minimum atomic E-state index is -2.30. The summed E-state index contributed by atoms with van der Waals surface area (Å²) in [5.74, 6) is 0. The van der Waals surface area contributed by atoms with Crippen molar-refractivity contribution in [1.29, 1.82) is 0 Å². The maximum atomic E-state index is 10.6. The Morgan fingerprint density at radius 3 is 2.58 bits per heavy atom. The van der Waals surface area contributed by atoms with E-state index in [1.807, 2.05) is 0 Å². The zero-order valence-corrected chi connectivity index (χ0v) is 6.75. The average Bonchev–Trinajstić information content (AvgIpc) is 2.47. The van der Waals surface area contributed by atoms with E-state index in [2.05, 4.69) is 10.2 Å². The van der Waals surface area contributed by atoms with Crippen molar-refractivity contribution in [3.63, 3.8) is 0 Å². The highest BCUT2D eigenvalue weighted by molar-refractivity contribution is 7.73. The number of nitrogens with zero attached hydrogens (tertiary/aromatic N) is 2. The fourth-order valence-electron chi connectivity index (χ4n) is 1.02. The molecule has 1 aliphatic heterocycles. The summed E-state index contributed by atoms with van der Waals surface area (Å²) in [4.78, 5) is 0.0191. The van der Waals surface area contributed by atoms with Crippen molar-refractivity contribution in [2.75, 3.05) is 0 Å². The topological polar surface area (TPSA) is 58.9 Å². The van der Waals surface area contributed by atoms with Crippen molar-refractivity contribution in [2.45, 2.75) is 0 Å². The van der Waals surface area contributed by atoms with Crippen molar-refractivity contribution in [3.05, 3.63) is 29.8 Å². The van der Waals surface area contributed by atoms with Gasteiger partial charge in [0.15, 0.2) is 0 Å². The van der Waals surface area contributed by atoms with Gasteiger partial charge in [0.25, 0.3) is 0 Å². The van der Waals surface area contributed by atoms with Crippen LogP contribution in [0.3, 0.4) is 0 Å². The van der Waals surface area contributed by atoms with Gasteiger partial charge in [-0.2, -0.15) is 8.42 Å². The molecule has 2 rings (SSSR count). The quantitative estimate of drug-likeness (QED) is 0.562. The maximum absolute atomic E-state index is 10.6. The molecule has 0 saturated carbocycles. The maximum Gasteiger partial charge on any atom is 0.242 e. The number of fused-ring (bicyclic) bond motifs is 1. The van der Waals surface area contributed by atoms with Gasteiger partial charge in [-0.1, -0.05) is 12.1 Å².